The summed E-state index contributed by atoms with van der Waals surface area (Å²) in [6, 6.07) is 12.4. The van der Waals surface area contributed by atoms with Crippen molar-refractivity contribution < 1.29 is 9.59 Å². The van der Waals surface area contributed by atoms with E-state index in [2.05, 4.69) is 26.1 Å². The van der Waals surface area contributed by atoms with Gasteiger partial charge in [0.1, 0.15) is 0 Å². The molecule has 6 heteroatoms. The largest absolute Gasteiger partial charge is 0.357 e. The van der Waals surface area contributed by atoms with E-state index in [1.165, 1.54) is 0 Å². The number of benzene rings is 2. The van der Waals surface area contributed by atoms with Gasteiger partial charge in [-0.05, 0) is 42.5 Å². The third-order valence-electron chi connectivity index (χ3n) is 6.44. The summed E-state index contributed by atoms with van der Waals surface area (Å²) >= 11 is 13.4. The van der Waals surface area contributed by atoms with Gasteiger partial charge in [0.25, 0.3) is 0 Å². The number of ketones is 1. The third-order valence-corrected chi connectivity index (χ3v) is 7.10. The predicted molar refractivity (Wildman–Crippen MR) is 136 cm³/mol. The summed E-state index contributed by atoms with van der Waals surface area (Å²) in [6.07, 6.45) is 4.27. The first kappa shape index (κ1) is 23.8. The van der Waals surface area contributed by atoms with Crippen LogP contribution in [0, 0.1) is 5.41 Å². The number of amides is 1. The van der Waals surface area contributed by atoms with Crippen molar-refractivity contribution in [1.82, 2.24) is 0 Å². The van der Waals surface area contributed by atoms with Crippen molar-refractivity contribution in [3.8, 4) is 0 Å². The SMILES string of the molecule is CCCCCC(=O)N1c2ccccc2NC2=C(C(=O)CC(C)(C)C2)C1c1c(Cl)cccc1Cl. The third kappa shape index (κ3) is 4.69. The Bertz CT molecular complexity index is 1100. The van der Waals surface area contributed by atoms with E-state index in [0.717, 1.165) is 36.3 Å². The number of para-hydroxylation sites is 2. The minimum atomic E-state index is -0.685. The van der Waals surface area contributed by atoms with E-state index in [1.807, 2.05) is 24.3 Å². The van der Waals surface area contributed by atoms with E-state index < -0.39 is 6.04 Å². The normalized spacial score (nSPS) is 19.5. The molecule has 1 N–H and O–H groups in total. The Morgan fingerprint density at radius 2 is 1.76 bits per heavy atom. The van der Waals surface area contributed by atoms with Crippen molar-refractivity contribution >= 4 is 46.3 Å². The van der Waals surface area contributed by atoms with Gasteiger partial charge in [0, 0.05) is 39.7 Å². The Morgan fingerprint density at radius 3 is 2.45 bits per heavy atom. The molecule has 2 aliphatic rings. The molecule has 1 heterocycles. The average molecular weight is 485 g/mol. The summed E-state index contributed by atoms with van der Waals surface area (Å²) in [4.78, 5) is 29.2. The number of hydrogen-bond acceptors (Lipinski definition) is 3. The molecule has 4 nitrogen and oxygen atoms in total. The molecule has 33 heavy (non-hydrogen) atoms. The summed E-state index contributed by atoms with van der Waals surface area (Å²) in [5.74, 6) is -0.0148. The molecule has 4 rings (SSSR count). The number of halogens is 2. The standard InChI is InChI=1S/C27H30Cl2N2O2/c1-4-5-6-14-23(33)31-21-13-8-7-12-19(21)30-20-15-27(2,3)16-22(32)25(20)26(31)24-17(28)10-9-11-18(24)29/h7-13,26,30H,4-6,14-16H2,1-3H3. The van der Waals surface area contributed by atoms with Crippen molar-refractivity contribution in [3.05, 3.63) is 69.3 Å². The second kappa shape index (κ2) is 9.52. The number of hydrogen-bond donors (Lipinski definition) is 1. The molecule has 1 unspecified atom stereocenters. The molecule has 2 aromatic rings. The first-order chi connectivity index (χ1) is 15.7. The Labute approximate surface area is 206 Å². The maximum atomic E-state index is 13.8. The highest BCUT2D eigenvalue weighted by Gasteiger charge is 2.44. The van der Waals surface area contributed by atoms with E-state index in [9.17, 15) is 9.59 Å². The van der Waals surface area contributed by atoms with Crippen LogP contribution in [-0.4, -0.2) is 11.7 Å². The van der Waals surface area contributed by atoms with Crippen molar-refractivity contribution in [2.45, 2.75) is 65.3 Å². The maximum Gasteiger partial charge on any atom is 0.227 e. The number of carbonyl (C=O) groups is 2. The Hall–Kier alpha value is -2.30. The number of Topliss-reactive ketones (excluding diaryl/α,β-unsaturated/α-hetero) is 1. The van der Waals surface area contributed by atoms with Crippen LogP contribution in [0.5, 0.6) is 0 Å². The van der Waals surface area contributed by atoms with Crippen LogP contribution in [0.3, 0.4) is 0 Å². The molecule has 0 saturated heterocycles. The fraction of sp³-hybridized carbons (Fsp3) is 0.407. The first-order valence-corrected chi connectivity index (χ1v) is 12.4. The molecule has 1 aliphatic carbocycles. The van der Waals surface area contributed by atoms with Gasteiger partial charge in [0.15, 0.2) is 5.78 Å². The van der Waals surface area contributed by atoms with E-state index in [0.29, 0.717) is 40.4 Å². The fourth-order valence-electron chi connectivity index (χ4n) is 4.95. The lowest BCUT2D eigenvalue weighted by molar-refractivity contribution is -0.119. The van der Waals surface area contributed by atoms with Crippen molar-refractivity contribution in [3.63, 3.8) is 0 Å². The molecule has 1 amide bonds. The minimum Gasteiger partial charge on any atom is -0.357 e. The van der Waals surface area contributed by atoms with Gasteiger partial charge in [0.2, 0.25) is 5.91 Å². The molecule has 2 aromatic carbocycles. The number of nitrogens with zero attached hydrogens (tertiary/aromatic N) is 1. The zero-order valence-electron chi connectivity index (χ0n) is 19.4. The van der Waals surface area contributed by atoms with E-state index in [4.69, 9.17) is 23.2 Å². The van der Waals surface area contributed by atoms with Gasteiger partial charge >= 0.3 is 0 Å². The molecular formula is C27H30Cl2N2O2. The number of allylic oxidation sites excluding steroid dienone is 1. The van der Waals surface area contributed by atoms with Crippen LogP contribution in [0.2, 0.25) is 10.0 Å². The lowest BCUT2D eigenvalue weighted by Gasteiger charge is -2.37. The molecule has 1 atom stereocenters. The molecule has 1 aliphatic heterocycles. The summed E-state index contributed by atoms with van der Waals surface area (Å²) < 4.78 is 0. The monoisotopic (exact) mass is 484 g/mol. The number of rotatable bonds is 5. The van der Waals surface area contributed by atoms with Gasteiger partial charge < -0.3 is 5.32 Å². The van der Waals surface area contributed by atoms with E-state index in [-0.39, 0.29) is 17.1 Å². The molecular weight excluding hydrogens is 455 g/mol. The van der Waals surface area contributed by atoms with Crippen molar-refractivity contribution in [2.24, 2.45) is 5.41 Å². The molecule has 0 saturated carbocycles. The quantitative estimate of drug-likeness (QED) is 0.441. The smallest absolute Gasteiger partial charge is 0.227 e. The zero-order valence-corrected chi connectivity index (χ0v) is 20.9. The topological polar surface area (TPSA) is 49.4 Å². The summed E-state index contributed by atoms with van der Waals surface area (Å²) in [6.45, 7) is 6.30. The molecule has 0 radical (unpaired) electrons. The molecule has 0 aromatic heterocycles. The van der Waals surface area contributed by atoms with E-state index >= 15 is 0 Å². The van der Waals surface area contributed by atoms with Crippen LogP contribution >= 0.6 is 23.2 Å². The van der Waals surface area contributed by atoms with Crippen LogP contribution in [0.15, 0.2) is 53.7 Å². The highest BCUT2D eigenvalue weighted by atomic mass is 35.5. The van der Waals surface area contributed by atoms with Gasteiger partial charge in [-0.3, -0.25) is 14.5 Å². The second-order valence-corrected chi connectivity index (χ2v) is 10.5. The van der Waals surface area contributed by atoms with Crippen LogP contribution < -0.4 is 10.2 Å². The van der Waals surface area contributed by atoms with Crippen LogP contribution in [0.25, 0.3) is 0 Å². The number of unbranched alkanes of at least 4 members (excludes halogenated alkanes) is 2. The maximum absolute atomic E-state index is 13.8. The molecule has 0 fully saturated rings. The Balaban J connectivity index is 1.98. The van der Waals surface area contributed by atoms with Gasteiger partial charge in [-0.25, -0.2) is 0 Å². The molecule has 0 bridgehead atoms. The molecule has 174 valence electrons. The Kier molecular flexibility index (Phi) is 6.88. The van der Waals surface area contributed by atoms with Crippen molar-refractivity contribution in [2.75, 3.05) is 10.2 Å². The van der Waals surface area contributed by atoms with Gasteiger partial charge in [-0.2, -0.15) is 0 Å². The number of nitrogens with one attached hydrogen (secondary N) is 1. The average Bonchev–Trinajstić information content (AvgIpc) is 2.87. The summed E-state index contributed by atoms with van der Waals surface area (Å²) in [7, 11) is 0. The van der Waals surface area contributed by atoms with E-state index in [1.54, 1.807) is 23.1 Å². The van der Waals surface area contributed by atoms with Gasteiger partial charge in [-0.1, -0.05) is 75.0 Å². The lowest BCUT2D eigenvalue weighted by atomic mass is 9.73. The second-order valence-electron chi connectivity index (χ2n) is 9.73. The highest BCUT2D eigenvalue weighted by Crippen LogP contribution is 2.50. The number of anilines is 2. The molecule has 0 spiro atoms. The predicted octanol–water partition coefficient (Wildman–Crippen LogP) is 7.72. The highest BCUT2D eigenvalue weighted by molar-refractivity contribution is 6.36. The van der Waals surface area contributed by atoms with Gasteiger partial charge in [-0.15, -0.1) is 0 Å². The number of fused-ring (bicyclic) bond motifs is 1. The fourth-order valence-corrected chi connectivity index (χ4v) is 5.56. The first-order valence-electron chi connectivity index (χ1n) is 11.6. The van der Waals surface area contributed by atoms with Crippen LogP contribution in [0.4, 0.5) is 11.4 Å². The Morgan fingerprint density at radius 1 is 1.06 bits per heavy atom. The van der Waals surface area contributed by atoms with Gasteiger partial charge in [0.05, 0.1) is 17.4 Å². The van der Waals surface area contributed by atoms with Crippen LogP contribution in [-0.2, 0) is 9.59 Å². The summed E-state index contributed by atoms with van der Waals surface area (Å²) in [5.41, 5.74) is 3.39. The minimum absolute atomic E-state index is 0.0221. The number of carbonyl (C=O) groups excluding carboxylic acids is 2. The summed E-state index contributed by atoms with van der Waals surface area (Å²) in [5, 5.41) is 4.41. The zero-order chi connectivity index (χ0) is 23.8. The van der Waals surface area contributed by atoms with Crippen LogP contribution in [0.1, 0.15) is 70.9 Å². The lowest BCUT2D eigenvalue weighted by Crippen LogP contribution is -2.39. The van der Waals surface area contributed by atoms with Crippen molar-refractivity contribution in [1.29, 1.82) is 0 Å².